The maximum absolute atomic E-state index is 11.1. The van der Waals surface area contributed by atoms with Gasteiger partial charge in [0.2, 0.25) is 5.95 Å². The molecule has 17 heavy (non-hydrogen) atoms. The van der Waals surface area contributed by atoms with Crippen LogP contribution in [0, 0.1) is 5.41 Å². The number of carbonyl (C=O) groups is 1. The molecule has 0 aliphatic carbocycles. The van der Waals surface area contributed by atoms with E-state index in [0.717, 1.165) is 0 Å². The van der Waals surface area contributed by atoms with Crippen molar-refractivity contribution in [2.24, 2.45) is 5.41 Å². The van der Waals surface area contributed by atoms with Gasteiger partial charge in [0.05, 0.1) is 5.41 Å². The smallest absolute Gasteiger partial charge is 0.309 e. The normalized spacial score (nSPS) is 19.0. The lowest BCUT2D eigenvalue weighted by Crippen LogP contribution is -2.43. The Labute approximate surface area is 101 Å². The molecule has 1 aromatic rings. The van der Waals surface area contributed by atoms with Gasteiger partial charge in [-0.3, -0.25) is 4.79 Å². The Kier molecular flexibility index (Phi) is 3.04. The van der Waals surface area contributed by atoms with Crippen molar-refractivity contribution in [3.05, 3.63) is 12.4 Å². The van der Waals surface area contributed by atoms with Gasteiger partial charge in [0.1, 0.15) is 7.85 Å². The number of anilines is 1. The fourth-order valence-electron chi connectivity index (χ4n) is 1.91. The number of aromatic nitrogens is 2. The number of nitrogens with zero attached hydrogens (tertiary/aromatic N) is 3. The summed E-state index contributed by atoms with van der Waals surface area (Å²) in [7, 11) is 5.52. The molecule has 0 saturated carbocycles. The SMILES string of the molecule is [B]c1cnc(N2CCC(C)(C(=O)O)CC2)nc1. The van der Waals surface area contributed by atoms with Crippen LogP contribution in [-0.2, 0) is 4.79 Å². The second-order valence-corrected chi connectivity index (χ2v) is 4.67. The summed E-state index contributed by atoms with van der Waals surface area (Å²) in [5, 5.41) is 9.12. The fourth-order valence-corrected chi connectivity index (χ4v) is 1.91. The Bertz CT molecular complexity index is 413. The van der Waals surface area contributed by atoms with E-state index < -0.39 is 11.4 Å². The van der Waals surface area contributed by atoms with Gasteiger partial charge in [0, 0.05) is 25.5 Å². The second kappa shape index (κ2) is 4.35. The molecule has 0 amide bonds. The Morgan fingerprint density at radius 1 is 1.41 bits per heavy atom. The minimum absolute atomic E-state index is 0.529. The first-order valence-corrected chi connectivity index (χ1v) is 5.57. The lowest BCUT2D eigenvalue weighted by Gasteiger charge is -2.36. The molecule has 1 aromatic heterocycles. The van der Waals surface area contributed by atoms with E-state index in [9.17, 15) is 4.79 Å². The average molecular weight is 231 g/mol. The average Bonchev–Trinajstić information content (AvgIpc) is 2.31. The predicted octanol–water partition coefficient (Wildman–Crippen LogP) is -0.0385. The van der Waals surface area contributed by atoms with Gasteiger partial charge in [-0.1, -0.05) is 5.46 Å². The first kappa shape index (κ1) is 11.9. The van der Waals surface area contributed by atoms with Crippen molar-refractivity contribution in [1.82, 2.24) is 9.97 Å². The van der Waals surface area contributed by atoms with Gasteiger partial charge in [-0.2, -0.15) is 0 Å². The third-order valence-electron chi connectivity index (χ3n) is 3.32. The van der Waals surface area contributed by atoms with Crippen LogP contribution in [0.15, 0.2) is 12.4 Å². The zero-order valence-electron chi connectivity index (χ0n) is 9.76. The Balaban J connectivity index is 2.04. The highest BCUT2D eigenvalue weighted by Gasteiger charge is 2.37. The Morgan fingerprint density at radius 3 is 2.41 bits per heavy atom. The summed E-state index contributed by atoms with van der Waals surface area (Å²) >= 11 is 0. The van der Waals surface area contributed by atoms with Gasteiger partial charge in [-0.25, -0.2) is 9.97 Å². The van der Waals surface area contributed by atoms with Crippen LogP contribution in [-0.4, -0.2) is 42.0 Å². The molecule has 0 unspecified atom stereocenters. The van der Waals surface area contributed by atoms with Crippen molar-refractivity contribution in [2.75, 3.05) is 18.0 Å². The quantitative estimate of drug-likeness (QED) is 0.723. The monoisotopic (exact) mass is 231 g/mol. The van der Waals surface area contributed by atoms with Crippen molar-refractivity contribution in [3.63, 3.8) is 0 Å². The summed E-state index contributed by atoms with van der Waals surface area (Å²) in [6.45, 7) is 3.11. The maximum Gasteiger partial charge on any atom is 0.309 e. The van der Waals surface area contributed by atoms with Crippen LogP contribution >= 0.6 is 0 Å². The zero-order chi connectivity index (χ0) is 12.5. The molecule has 6 heteroatoms. The van der Waals surface area contributed by atoms with E-state index in [1.165, 1.54) is 0 Å². The highest BCUT2D eigenvalue weighted by atomic mass is 16.4. The topological polar surface area (TPSA) is 66.3 Å². The van der Waals surface area contributed by atoms with E-state index in [2.05, 4.69) is 9.97 Å². The van der Waals surface area contributed by atoms with Gasteiger partial charge in [0.25, 0.3) is 0 Å². The van der Waals surface area contributed by atoms with Crippen LogP contribution in [0.2, 0.25) is 0 Å². The molecular formula is C11H14BN3O2. The van der Waals surface area contributed by atoms with Gasteiger partial charge >= 0.3 is 5.97 Å². The Morgan fingerprint density at radius 2 is 1.94 bits per heavy atom. The van der Waals surface area contributed by atoms with E-state index in [0.29, 0.717) is 37.3 Å². The van der Waals surface area contributed by atoms with E-state index in [4.69, 9.17) is 13.0 Å². The van der Waals surface area contributed by atoms with E-state index in [1.807, 2.05) is 4.90 Å². The third kappa shape index (κ3) is 2.40. The first-order valence-electron chi connectivity index (χ1n) is 5.57. The molecular weight excluding hydrogens is 217 g/mol. The maximum atomic E-state index is 11.1. The summed E-state index contributed by atoms with van der Waals surface area (Å²) < 4.78 is 0. The standard InChI is InChI=1S/C11H14BN3O2/c1-11(9(16)17)2-4-15(5-3-11)10-13-6-8(12)7-14-10/h6-7H,2-5H2,1H3,(H,16,17). The molecule has 1 aliphatic rings. The lowest BCUT2D eigenvalue weighted by molar-refractivity contribution is -0.149. The van der Waals surface area contributed by atoms with Crippen molar-refractivity contribution < 1.29 is 9.90 Å². The number of carboxylic acids is 1. The molecule has 0 aromatic carbocycles. The number of hydrogen-bond donors (Lipinski definition) is 1. The van der Waals surface area contributed by atoms with Crippen molar-refractivity contribution in [3.8, 4) is 0 Å². The van der Waals surface area contributed by atoms with Crippen LogP contribution in [0.1, 0.15) is 19.8 Å². The van der Waals surface area contributed by atoms with Crippen LogP contribution in [0.4, 0.5) is 5.95 Å². The molecule has 5 nitrogen and oxygen atoms in total. The molecule has 1 fully saturated rings. The van der Waals surface area contributed by atoms with Gasteiger partial charge < -0.3 is 10.0 Å². The van der Waals surface area contributed by atoms with E-state index >= 15 is 0 Å². The van der Waals surface area contributed by atoms with Gasteiger partial charge in [-0.15, -0.1) is 0 Å². The van der Waals surface area contributed by atoms with Crippen LogP contribution in [0.5, 0.6) is 0 Å². The second-order valence-electron chi connectivity index (χ2n) is 4.67. The molecule has 1 N–H and O–H groups in total. The molecule has 2 heterocycles. The first-order chi connectivity index (χ1) is 8.01. The summed E-state index contributed by atoms with van der Waals surface area (Å²) in [4.78, 5) is 21.4. The third-order valence-corrected chi connectivity index (χ3v) is 3.32. The molecule has 2 radical (unpaired) electrons. The molecule has 0 spiro atoms. The van der Waals surface area contributed by atoms with E-state index in [-0.39, 0.29) is 0 Å². The number of aliphatic carboxylic acids is 1. The number of carboxylic acid groups (broad SMARTS) is 1. The molecule has 1 saturated heterocycles. The predicted molar refractivity (Wildman–Crippen MR) is 64.6 cm³/mol. The van der Waals surface area contributed by atoms with E-state index in [1.54, 1.807) is 19.3 Å². The van der Waals surface area contributed by atoms with Crippen molar-refractivity contribution >= 4 is 25.2 Å². The number of rotatable bonds is 2. The Hall–Kier alpha value is -1.59. The molecule has 1 aliphatic heterocycles. The largest absolute Gasteiger partial charge is 0.481 e. The fraction of sp³-hybridized carbons (Fsp3) is 0.545. The van der Waals surface area contributed by atoms with Crippen LogP contribution in [0.25, 0.3) is 0 Å². The molecule has 0 atom stereocenters. The molecule has 0 bridgehead atoms. The zero-order valence-corrected chi connectivity index (χ0v) is 9.76. The molecule has 88 valence electrons. The van der Waals surface area contributed by atoms with Gasteiger partial charge in [0.15, 0.2) is 0 Å². The summed E-state index contributed by atoms with van der Waals surface area (Å²) in [5.74, 6) is -0.109. The number of piperidine rings is 1. The van der Waals surface area contributed by atoms with Crippen molar-refractivity contribution in [1.29, 1.82) is 0 Å². The highest BCUT2D eigenvalue weighted by molar-refractivity contribution is 6.31. The van der Waals surface area contributed by atoms with Crippen molar-refractivity contribution in [2.45, 2.75) is 19.8 Å². The lowest BCUT2D eigenvalue weighted by atomic mass is 9.80. The number of hydrogen-bond acceptors (Lipinski definition) is 4. The van der Waals surface area contributed by atoms with Gasteiger partial charge in [-0.05, 0) is 19.8 Å². The summed E-state index contributed by atoms with van der Waals surface area (Å²) in [6, 6.07) is 0. The minimum atomic E-state index is -0.727. The summed E-state index contributed by atoms with van der Waals surface area (Å²) in [5.41, 5.74) is -0.0919. The van der Waals surface area contributed by atoms with Crippen LogP contribution in [0.3, 0.4) is 0 Å². The van der Waals surface area contributed by atoms with Crippen LogP contribution < -0.4 is 10.4 Å². The summed E-state index contributed by atoms with van der Waals surface area (Å²) in [6.07, 6.45) is 4.34. The highest BCUT2D eigenvalue weighted by Crippen LogP contribution is 2.31. The molecule has 2 rings (SSSR count). The minimum Gasteiger partial charge on any atom is -0.481 e.